The highest BCUT2D eigenvalue weighted by atomic mass is 35.5. The van der Waals surface area contributed by atoms with E-state index in [1.807, 2.05) is 0 Å². The first kappa shape index (κ1) is 15.9. The lowest BCUT2D eigenvalue weighted by molar-refractivity contribution is -0.137. The Morgan fingerprint density at radius 2 is 2.13 bits per heavy atom. The second kappa shape index (κ2) is 6.66. The van der Waals surface area contributed by atoms with Crippen molar-refractivity contribution in [2.24, 2.45) is 0 Å². The number of carboxylic acids is 1. The van der Waals surface area contributed by atoms with Gasteiger partial charge in [-0.15, -0.1) is 0 Å². The van der Waals surface area contributed by atoms with Crippen molar-refractivity contribution in [3.8, 4) is 11.5 Å². The molecule has 3 rings (SSSR count). The number of rotatable bonds is 4. The molecule has 1 atom stereocenters. The van der Waals surface area contributed by atoms with E-state index in [4.69, 9.17) is 26.2 Å². The molecule has 2 heterocycles. The molecule has 1 saturated heterocycles. The maximum Gasteiger partial charge on any atom is 0.303 e. The van der Waals surface area contributed by atoms with Crippen molar-refractivity contribution in [3.05, 3.63) is 22.7 Å². The van der Waals surface area contributed by atoms with Crippen LogP contribution in [0.4, 0.5) is 0 Å². The number of carboxylic acid groups (broad SMARTS) is 1. The molecule has 7 heteroatoms. The first-order valence-electron chi connectivity index (χ1n) is 7.68. The minimum atomic E-state index is -0.839. The Labute approximate surface area is 138 Å². The van der Waals surface area contributed by atoms with Crippen LogP contribution in [0.1, 0.15) is 42.5 Å². The number of ether oxygens (including phenoxy) is 2. The third kappa shape index (κ3) is 3.37. The summed E-state index contributed by atoms with van der Waals surface area (Å²) in [4.78, 5) is 25.4. The topological polar surface area (TPSA) is 76.1 Å². The molecular weight excluding hydrogens is 322 g/mol. The fourth-order valence-corrected chi connectivity index (χ4v) is 3.38. The van der Waals surface area contributed by atoms with Gasteiger partial charge in [-0.25, -0.2) is 0 Å². The van der Waals surface area contributed by atoms with Crippen LogP contribution in [-0.2, 0) is 4.79 Å². The number of amides is 1. The number of halogens is 1. The Kier molecular flexibility index (Phi) is 4.61. The summed E-state index contributed by atoms with van der Waals surface area (Å²) in [7, 11) is 0. The molecule has 23 heavy (non-hydrogen) atoms. The first-order valence-corrected chi connectivity index (χ1v) is 8.06. The molecule has 0 saturated carbocycles. The molecule has 0 bridgehead atoms. The Balaban J connectivity index is 1.80. The van der Waals surface area contributed by atoms with Crippen LogP contribution in [0, 0.1) is 0 Å². The number of nitrogens with zero attached hydrogens (tertiary/aromatic N) is 1. The summed E-state index contributed by atoms with van der Waals surface area (Å²) in [6.07, 6.45) is 3.30. The van der Waals surface area contributed by atoms with Crippen molar-refractivity contribution >= 4 is 23.5 Å². The van der Waals surface area contributed by atoms with E-state index >= 15 is 0 Å². The molecule has 2 aliphatic heterocycles. The standard InChI is InChI=1S/C16H18ClNO5/c17-12-7-10(8-13-15(12)23-9-22-13)16(21)18-6-2-1-3-11(18)4-5-14(19)20/h7-8,11H,1-6,9H2,(H,19,20)/t11-/m0/s1. The number of aliphatic carboxylic acids is 1. The van der Waals surface area contributed by atoms with Gasteiger partial charge in [0.05, 0.1) is 5.02 Å². The number of piperidine rings is 1. The van der Waals surface area contributed by atoms with Gasteiger partial charge >= 0.3 is 5.97 Å². The third-order valence-electron chi connectivity index (χ3n) is 4.25. The Morgan fingerprint density at radius 1 is 1.30 bits per heavy atom. The highest BCUT2D eigenvalue weighted by molar-refractivity contribution is 6.32. The van der Waals surface area contributed by atoms with Gasteiger partial charge in [-0.3, -0.25) is 9.59 Å². The summed E-state index contributed by atoms with van der Waals surface area (Å²) in [6, 6.07) is 3.18. The highest BCUT2D eigenvalue weighted by Crippen LogP contribution is 2.40. The lowest BCUT2D eigenvalue weighted by atomic mass is 9.97. The summed E-state index contributed by atoms with van der Waals surface area (Å²) in [6.45, 7) is 0.729. The average molecular weight is 340 g/mol. The largest absolute Gasteiger partial charge is 0.481 e. The molecule has 1 aromatic carbocycles. The normalized spacial score (nSPS) is 19.7. The third-order valence-corrected chi connectivity index (χ3v) is 4.53. The Bertz CT molecular complexity index is 633. The predicted molar refractivity (Wildman–Crippen MR) is 83.1 cm³/mol. The van der Waals surface area contributed by atoms with Gasteiger partial charge in [0.1, 0.15) is 0 Å². The molecule has 0 aliphatic carbocycles. The van der Waals surface area contributed by atoms with Crippen molar-refractivity contribution in [2.45, 2.75) is 38.1 Å². The van der Waals surface area contributed by atoms with Crippen LogP contribution < -0.4 is 9.47 Å². The monoisotopic (exact) mass is 339 g/mol. The molecule has 1 fully saturated rings. The summed E-state index contributed by atoms with van der Waals surface area (Å²) in [5.74, 6) is -0.0429. The van der Waals surface area contributed by atoms with E-state index < -0.39 is 5.97 Å². The minimum absolute atomic E-state index is 0.0449. The number of fused-ring (bicyclic) bond motifs is 1. The molecule has 0 radical (unpaired) electrons. The summed E-state index contributed by atoms with van der Waals surface area (Å²) in [5, 5.41) is 9.23. The van der Waals surface area contributed by atoms with Crippen molar-refractivity contribution in [1.82, 2.24) is 4.90 Å². The minimum Gasteiger partial charge on any atom is -0.481 e. The number of hydrogen-bond donors (Lipinski definition) is 1. The Morgan fingerprint density at radius 3 is 2.91 bits per heavy atom. The summed E-state index contributed by atoms with van der Waals surface area (Å²) < 4.78 is 10.6. The molecule has 0 spiro atoms. The molecule has 1 N–H and O–H groups in total. The van der Waals surface area contributed by atoms with Crippen molar-refractivity contribution < 1.29 is 24.2 Å². The molecule has 1 amide bonds. The van der Waals surface area contributed by atoms with Gasteiger partial charge in [0.15, 0.2) is 11.5 Å². The van der Waals surface area contributed by atoms with Crippen LogP contribution in [0.5, 0.6) is 11.5 Å². The van der Waals surface area contributed by atoms with Gasteiger partial charge < -0.3 is 19.5 Å². The zero-order valence-electron chi connectivity index (χ0n) is 12.6. The fourth-order valence-electron chi connectivity index (χ4n) is 3.11. The molecular formula is C16H18ClNO5. The van der Waals surface area contributed by atoms with E-state index in [1.54, 1.807) is 17.0 Å². The van der Waals surface area contributed by atoms with Gasteiger partial charge in [0.2, 0.25) is 6.79 Å². The van der Waals surface area contributed by atoms with Crippen LogP contribution in [0.15, 0.2) is 12.1 Å². The van der Waals surface area contributed by atoms with Crippen LogP contribution in [0.25, 0.3) is 0 Å². The first-order chi connectivity index (χ1) is 11.1. The van der Waals surface area contributed by atoms with Gasteiger partial charge in [0.25, 0.3) is 5.91 Å². The second-order valence-electron chi connectivity index (χ2n) is 5.77. The van der Waals surface area contributed by atoms with Gasteiger partial charge in [-0.1, -0.05) is 11.6 Å². The number of carbonyl (C=O) groups is 2. The van der Waals surface area contributed by atoms with E-state index in [-0.39, 0.29) is 25.2 Å². The number of hydrogen-bond acceptors (Lipinski definition) is 4. The Hall–Kier alpha value is -1.95. The number of benzene rings is 1. The van der Waals surface area contributed by atoms with E-state index in [0.29, 0.717) is 35.1 Å². The van der Waals surface area contributed by atoms with E-state index in [1.165, 1.54) is 0 Å². The quantitative estimate of drug-likeness (QED) is 0.912. The van der Waals surface area contributed by atoms with Crippen molar-refractivity contribution in [1.29, 1.82) is 0 Å². The molecule has 1 aromatic rings. The molecule has 0 aromatic heterocycles. The average Bonchev–Trinajstić information content (AvgIpc) is 3.01. The number of likely N-dealkylation sites (tertiary alicyclic amines) is 1. The smallest absolute Gasteiger partial charge is 0.303 e. The van der Waals surface area contributed by atoms with Crippen molar-refractivity contribution in [3.63, 3.8) is 0 Å². The molecule has 6 nitrogen and oxygen atoms in total. The van der Waals surface area contributed by atoms with Gasteiger partial charge in [0, 0.05) is 24.6 Å². The predicted octanol–water partition coefficient (Wildman–Crippen LogP) is 2.93. The van der Waals surface area contributed by atoms with Gasteiger partial charge in [-0.05, 0) is 37.8 Å². The summed E-state index contributed by atoms with van der Waals surface area (Å²) >= 11 is 6.14. The maximum atomic E-state index is 12.8. The molecule has 124 valence electrons. The van der Waals surface area contributed by atoms with E-state index in [0.717, 1.165) is 19.3 Å². The van der Waals surface area contributed by atoms with Crippen LogP contribution in [0.2, 0.25) is 5.02 Å². The van der Waals surface area contributed by atoms with Crippen LogP contribution in [0.3, 0.4) is 0 Å². The molecule has 2 aliphatic rings. The SMILES string of the molecule is O=C(O)CC[C@@H]1CCCCN1C(=O)c1cc(Cl)c2c(c1)OCO2. The van der Waals surface area contributed by atoms with E-state index in [9.17, 15) is 9.59 Å². The fraction of sp³-hybridized carbons (Fsp3) is 0.500. The lowest BCUT2D eigenvalue weighted by Gasteiger charge is -2.35. The zero-order valence-corrected chi connectivity index (χ0v) is 13.3. The van der Waals surface area contributed by atoms with Crippen molar-refractivity contribution in [2.75, 3.05) is 13.3 Å². The van der Waals surface area contributed by atoms with Crippen LogP contribution in [-0.4, -0.2) is 41.3 Å². The summed E-state index contributed by atoms with van der Waals surface area (Å²) in [5.41, 5.74) is 0.446. The van der Waals surface area contributed by atoms with Gasteiger partial charge in [-0.2, -0.15) is 0 Å². The zero-order chi connectivity index (χ0) is 16.4. The number of carbonyl (C=O) groups excluding carboxylic acids is 1. The highest BCUT2D eigenvalue weighted by Gasteiger charge is 2.29. The van der Waals surface area contributed by atoms with Crippen LogP contribution >= 0.6 is 11.6 Å². The maximum absolute atomic E-state index is 12.8. The van der Waals surface area contributed by atoms with E-state index in [2.05, 4.69) is 0 Å². The second-order valence-corrected chi connectivity index (χ2v) is 6.18. The molecule has 0 unspecified atom stereocenters. The lowest BCUT2D eigenvalue weighted by Crippen LogP contribution is -2.44.